The Labute approximate surface area is 178 Å². The Hall–Kier alpha value is -2.85. The van der Waals surface area contributed by atoms with Gasteiger partial charge in [-0.3, -0.25) is 9.97 Å². The van der Waals surface area contributed by atoms with Gasteiger partial charge in [0, 0.05) is 16.9 Å². The molecule has 2 aliphatic carbocycles. The summed E-state index contributed by atoms with van der Waals surface area (Å²) in [4.78, 5) is 14.7. The van der Waals surface area contributed by atoms with Crippen molar-refractivity contribution in [2.45, 2.75) is 25.7 Å². The van der Waals surface area contributed by atoms with Gasteiger partial charge >= 0.3 is 0 Å². The van der Waals surface area contributed by atoms with Crippen LogP contribution < -0.4 is 0 Å². The molecule has 0 saturated heterocycles. The van der Waals surface area contributed by atoms with Gasteiger partial charge in [-0.05, 0) is 83.3 Å². The standard InChI is InChI=1S/C25H18BrN3/c26-18-9-5-15(6-10-18)21-19-11-7-16-3-1-13-27-22(16)24(19)29-25-20(21)12-8-17-4-2-14-28-23(17)25/h1-6,9-10,13-14H,7-8,11-12H2. The Balaban J connectivity index is 1.71. The molecule has 0 aliphatic heterocycles. The molecule has 0 radical (unpaired) electrons. The molecule has 4 aromatic rings. The van der Waals surface area contributed by atoms with Gasteiger partial charge in [-0.1, -0.05) is 40.2 Å². The predicted molar refractivity (Wildman–Crippen MR) is 119 cm³/mol. The van der Waals surface area contributed by atoms with Gasteiger partial charge < -0.3 is 0 Å². The van der Waals surface area contributed by atoms with Gasteiger partial charge in [0.25, 0.3) is 0 Å². The van der Waals surface area contributed by atoms with E-state index in [1.54, 1.807) is 0 Å². The molecule has 4 heteroatoms. The van der Waals surface area contributed by atoms with E-state index in [9.17, 15) is 0 Å². The molecule has 29 heavy (non-hydrogen) atoms. The third-order valence-corrected chi connectivity index (χ3v) is 6.58. The highest BCUT2D eigenvalue weighted by Gasteiger charge is 2.29. The van der Waals surface area contributed by atoms with E-state index >= 15 is 0 Å². The summed E-state index contributed by atoms with van der Waals surface area (Å²) in [5.74, 6) is 0. The Bertz CT molecular complexity index is 1190. The first-order chi connectivity index (χ1) is 14.3. The van der Waals surface area contributed by atoms with E-state index in [1.807, 2.05) is 24.5 Å². The van der Waals surface area contributed by atoms with Gasteiger partial charge in [0.2, 0.25) is 0 Å². The molecule has 0 atom stereocenters. The Morgan fingerprint density at radius 2 is 1.17 bits per heavy atom. The number of rotatable bonds is 1. The Morgan fingerprint density at radius 1 is 0.621 bits per heavy atom. The number of pyridine rings is 3. The maximum atomic E-state index is 5.21. The quantitative estimate of drug-likeness (QED) is 0.374. The zero-order valence-electron chi connectivity index (χ0n) is 15.8. The molecule has 0 fully saturated rings. The number of aromatic nitrogens is 3. The minimum absolute atomic E-state index is 0.995. The second-order valence-corrected chi connectivity index (χ2v) is 8.59. The van der Waals surface area contributed by atoms with Crippen LogP contribution in [0.5, 0.6) is 0 Å². The summed E-state index contributed by atoms with van der Waals surface area (Å²) in [6.07, 6.45) is 7.76. The molecule has 6 rings (SSSR count). The number of halogens is 1. The van der Waals surface area contributed by atoms with Crippen LogP contribution in [0.2, 0.25) is 0 Å². The Kier molecular flexibility index (Phi) is 3.88. The summed E-state index contributed by atoms with van der Waals surface area (Å²) in [5, 5.41) is 0. The highest BCUT2D eigenvalue weighted by atomic mass is 79.9. The van der Waals surface area contributed by atoms with Crippen molar-refractivity contribution in [1.29, 1.82) is 0 Å². The normalized spacial score (nSPS) is 13.8. The van der Waals surface area contributed by atoms with Gasteiger partial charge in [0.1, 0.15) is 0 Å². The molecule has 0 bridgehead atoms. The smallest absolute Gasteiger partial charge is 0.0935 e. The van der Waals surface area contributed by atoms with E-state index in [1.165, 1.54) is 33.4 Å². The number of hydrogen-bond acceptors (Lipinski definition) is 3. The fraction of sp³-hybridized carbons (Fsp3) is 0.160. The first-order valence-corrected chi connectivity index (χ1v) is 10.8. The van der Waals surface area contributed by atoms with Crippen LogP contribution in [0.15, 0.2) is 65.4 Å². The van der Waals surface area contributed by atoms with Gasteiger partial charge in [0.05, 0.1) is 22.8 Å². The zero-order valence-corrected chi connectivity index (χ0v) is 17.4. The fourth-order valence-electron chi connectivity index (χ4n) is 4.74. The predicted octanol–water partition coefficient (Wildman–Crippen LogP) is 5.83. The van der Waals surface area contributed by atoms with Gasteiger partial charge in [0.15, 0.2) is 0 Å². The average molecular weight is 440 g/mol. The van der Waals surface area contributed by atoms with Crippen molar-refractivity contribution in [3.05, 3.63) is 87.7 Å². The molecule has 2 aliphatic rings. The largest absolute Gasteiger partial charge is 0.254 e. The number of benzene rings is 1. The van der Waals surface area contributed by atoms with Crippen LogP contribution in [0, 0.1) is 0 Å². The summed E-state index contributed by atoms with van der Waals surface area (Å²) in [6, 6.07) is 17.1. The van der Waals surface area contributed by atoms with Crippen LogP contribution in [0.25, 0.3) is 33.9 Å². The van der Waals surface area contributed by atoms with E-state index in [4.69, 9.17) is 15.0 Å². The molecule has 3 heterocycles. The first-order valence-electron chi connectivity index (χ1n) is 10.00. The summed E-state index contributed by atoms with van der Waals surface area (Å²) in [5.41, 5.74) is 11.9. The molecule has 0 saturated carbocycles. The van der Waals surface area contributed by atoms with Crippen LogP contribution in [0.1, 0.15) is 22.3 Å². The van der Waals surface area contributed by atoms with Crippen LogP contribution in [-0.2, 0) is 25.7 Å². The lowest BCUT2D eigenvalue weighted by atomic mass is 9.80. The number of fused-ring (bicyclic) bond motifs is 6. The molecule has 0 amide bonds. The third kappa shape index (κ3) is 2.66. The zero-order chi connectivity index (χ0) is 19.4. The molecule has 0 N–H and O–H groups in total. The lowest BCUT2D eigenvalue weighted by molar-refractivity contribution is 0.877. The van der Waals surface area contributed by atoms with Crippen molar-refractivity contribution < 1.29 is 0 Å². The molecule has 3 aromatic heterocycles. The van der Waals surface area contributed by atoms with Crippen molar-refractivity contribution in [1.82, 2.24) is 15.0 Å². The monoisotopic (exact) mass is 439 g/mol. The van der Waals surface area contributed by atoms with E-state index in [-0.39, 0.29) is 0 Å². The van der Waals surface area contributed by atoms with Crippen molar-refractivity contribution in [3.63, 3.8) is 0 Å². The summed E-state index contributed by atoms with van der Waals surface area (Å²) in [7, 11) is 0. The van der Waals surface area contributed by atoms with E-state index in [0.717, 1.165) is 52.9 Å². The molecule has 140 valence electrons. The van der Waals surface area contributed by atoms with Gasteiger partial charge in [-0.2, -0.15) is 0 Å². The maximum absolute atomic E-state index is 5.21. The van der Waals surface area contributed by atoms with Crippen molar-refractivity contribution in [3.8, 4) is 33.9 Å². The molecular weight excluding hydrogens is 422 g/mol. The van der Waals surface area contributed by atoms with Gasteiger partial charge in [-0.15, -0.1) is 0 Å². The van der Waals surface area contributed by atoms with Crippen LogP contribution in [0.4, 0.5) is 0 Å². The maximum Gasteiger partial charge on any atom is 0.0935 e. The van der Waals surface area contributed by atoms with Crippen molar-refractivity contribution in [2.75, 3.05) is 0 Å². The Morgan fingerprint density at radius 3 is 1.72 bits per heavy atom. The van der Waals surface area contributed by atoms with Crippen molar-refractivity contribution >= 4 is 15.9 Å². The SMILES string of the molecule is Brc1ccc(-c2c3c(nc4c2CCc2cccnc2-4)-c2ncccc2CC3)cc1. The number of aryl methyl sites for hydroxylation is 2. The molecular formula is C25H18BrN3. The highest BCUT2D eigenvalue weighted by molar-refractivity contribution is 9.10. The van der Waals surface area contributed by atoms with Crippen molar-refractivity contribution in [2.24, 2.45) is 0 Å². The summed E-state index contributed by atoms with van der Waals surface area (Å²) in [6.45, 7) is 0. The fourth-order valence-corrected chi connectivity index (χ4v) is 5.00. The second kappa shape index (κ2) is 6.60. The summed E-state index contributed by atoms with van der Waals surface area (Å²) >= 11 is 3.58. The van der Waals surface area contributed by atoms with Crippen LogP contribution in [-0.4, -0.2) is 15.0 Å². The average Bonchev–Trinajstić information content (AvgIpc) is 2.78. The molecule has 3 nitrogen and oxygen atoms in total. The highest BCUT2D eigenvalue weighted by Crippen LogP contribution is 2.44. The first kappa shape index (κ1) is 17.0. The molecule has 0 unspecified atom stereocenters. The van der Waals surface area contributed by atoms with Crippen LogP contribution >= 0.6 is 15.9 Å². The van der Waals surface area contributed by atoms with E-state index < -0.39 is 0 Å². The van der Waals surface area contributed by atoms with E-state index in [0.29, 0.717) is 0 Å². The third-order valence-electron chi connectivity index (χ3n) is 6.05. The van der Waals surface area contributed by atoms with Gasteiger partial charge in [-0.25, -0.2) is 4.98 Å². The second-order valence-electron chi connectivity index (χ2n) is 7.67. The lowest BCUT2D eigenvalue weighted by Crippen LogP contribution is -2.16. The minimum Gasteiger partial charge on any atom is -0.254 e. The van der Waals surface area contributed by atoms with Crippen LogP contribution in [0.3, 0.4) is 0 Å². The lowest BCUT2D eigenvalue weighted by Gasteiger charge is -2.28. The molecule has 0 spiro atoms. The minimum atomic E-state index is 0.995. The molecule has 1 aromatic carbocycles. The topological polar surface area (TPSA) is 38.7 Å². The summed E-state index contributed by atoms with van der Waals surface area (Å²) < 4.78 is 1.09. The number of nitrogens with zero attached hydrogens (tertiary/aromatic N) is 3. The number of hydrogen-bond donors (Lipinski definition) is 0. The van der Waals surface area contributed by atoms with E-state index in [2.05, 4.69) is 52.3 Å².